The summed E-state index contributed by atoms with van der Waals surface area (Å²) in [5.41, 5.74) is 1.41. The Morgan fingerprint density at radius 2 is 1.74 bits per heavy atom. The van der Waals surface area contributed by atoms with Crippen LogP contribution in [0.2, 0.25) is 5.02 Å². The van der Waals surface area contributed by atoms with E-state index in [4.69, 9.17) is 37.4 Å². The van der Waals surface area contributed by atoms with Crippen molar-refractivity contribution in [3.63, 3.8) is 0 Å². The van der Waals surface area contributed by atoms with Gasteiger partial charge in [0, 0.05) is 19.4 Å². The highest BCUT2D eigenvalue weighted by atomic mass is 35.5. The second-order valence-corrected chi connectivity index (χ2v) is 11.7. The molecule has 1 aliphatic heterocycles. The number of amides is 2. The fourth-order valence-corrected chi connectivity index (χ4v) is 5.03. The Kier molecular flexibility index (Phi) is 12.9. The highest BCUT2D eigenvalue weighted by molar-refractivity contribution is 6.32. The molecule has 2 aromatic carbocycles. The van der Waals surface area contributed by atoms with Crippen LogP contribution in [0.1, 0.15) is 50.1 Å². The third kappa shape index (κ3) is 10.3. The Labute approximate surface area is 262 Å². The van der Waals surface area contributed by atoms with Crippen LogP contribution in [0.15, 0.2) is 60.7 Å². The molecule has 1 unspecified atom stereocenters. The lowest BCUT2D eigenvalue weighted by Crippen LogP contribution is -2.49. The van der Waals surface area contributed by atoms with E-state index in [-0.39, 0.29) is 31.7 Å². The summed E-state index contributed by atoms with van der Waals surface area (Å²) in [6.45, 7) is 5.29. The number of rotatable bonds is 7. The smallest absolute Gasteiger partial charge is 0.347 e. The van der Waals surface area contributed by atoms with Crippen molar-refractivity contribution in [1.29, 1.82) is 0 Å². The molecule has 0 aliphatic carbocycles. The number of ether oxygens (including phenoxy) is 3. The van der Waals surface area contributed by atoms with Gasteiger partial charge in [0.15, 0.2) is 6.10 Å². The summed E-state index contributed by atoms with van der Waals surface area (Å²) in [4.78, 5) is 52.5. The second-order valence-electron chi connectivity index (χ2n) is 10.9. The van der Waals surface area contributed by atoms with E-state index in [1.165, 1.54) is 19.3 Å². The summed E-state index contributed by atoms with van der Waals surface area (Å²) in [6, 6.07) is 13.2. The van der Waals surface area contributed by atoms with Gasteiger partial charge in [-0.25, -0.2) is 4.79 Å². The largest absolute Gasteiger partial charge is 0.495 e. The predicted molar refractivity (Wildman–Crippen MR) is 164 cm³/mol. The predicted octanol–water partition coefficient (Wildman–Crippen LogP) is 4.94. The summed E-state index contributed by atoms with van der Waals surface area (Å²) in [6.07, 6.45) is 1.22. The minimum atomic E-state index is -1.17. The molecule has 2 aromatic rings. The maximum Gasteiger partial charge on any atom is 0.347 e. The number of nitrogens with one attached hydrogen (secondary N) is 2. The molecule has 2 amide bonds. The van der Waals surface area contributed by atoms with Gasteiger partial charge in [0.1, 0.15) is 17.9 Å². The Morgan fingerprint density at radius 1 is 1.02 bits per heavy atom. The molecule has 0 spiro atoms. The second kappa shape index (κ2) is 16.3. The highest BCUT2D eigenvalue weighted by Gasteiger charge is 2.33. The standard InChI is InChI=1S/C32H38Cl2N2O7/c1-19(2)15-27-32(40)42-26(29(34)22-9-6-5-7-10-22)11-8-12-28(37)36-24(30(38)35-18-20(3)31(39)43-27)17-21-13-14-25(41-4)23(33)16-21/h5-10,12-14,16,19-20,24,26-27,29H,11,15,17-18H2,1-4H3,(H,35,38)(H,36,37)/t20?,24-,26+,27+,29+/m1/s1. The maximum atomic E-state index is 13.3. The monoisotopic (exact) mass is 632 g/mol. The molecule has 0 radical (unpaired) electrons. The Morgan fingerprint density at radius 3 is 2.40 bits per heavy atom. The average molecular weight is 634 g/mol. The first kappa shape index (κ1) is 33.9. The molecule has 43 heavy (non-hydrogen) atoms. The molecule has 5 atom stereocenters. The SMILES string of the molecule is COc1ccc(C[C@H]2NC(=O)C=CC[C@@H]([C@@H](Cl)c3ccccc3)OC(=O)[C@H](CC(C)C)OC(=O)C(C)CNC2=O)cc1Cl. The molecule has 1 heterocycles. The van der Waals surface area contributed by atoms with Gasteiger partial charge in [-0.15, -0.1) is 11.6 Å². The van der Waals surface area contributed by atoms with E-state index >= 15 is 0 Å². The van der Waals surface area contributed by atoms with Crippen LogP contribution in [-0.2, 0) is 35.1 Å². The van der Waals surface area contributed by atoms with Gasteiger partial charge in [-0.1, -0.05) is 74.8 Å². The van der Waals surface area contributed by atoms with Crippen molar-refractivity contribution in [1.82, 2.24) is 10.6 Å². The van der Waals surface area contributed by atoms with Gasteiger partial charge < -0.3 is 24.8 Å². The zero-order valence-electron chi connectivity index (χ0n) is 24.7. The molecule has 0 fully saturated rings. The number of cyclic esters (lactones) is 2. The topological polar surface area (TPSA) is 120 Å². The van der Waals surface area contributed by atoms with Crippen LogP contribution in [0.4, 0.5) is 0 Å². The Balaban J connectivity index is 1.91. The molecule has 0 saturated carbocycles. The molecule has 2 N–H and O–H groups in total. The van der Waals surface area contributed by atoms with Crippen LogP contribution in [0.3, 0.4) is 0 Å². The quantitative estimate of drug-likeness (QED) is 0.328. The van der Waals surface area contributed by atoms with E-state index in [1.54, 1.807) is 25.1 Å². The molecule has 3 rings (SSSR count). The van der Waals surface area contributed by atoms with E-state index in [1.807, 2.05) is 44.2 Å². The van der Waals surface area contributed by atoms with Crippen molar-refractivity contribution in [3.05, 3.63) is 76.8 Å². The Hall–Kier alpha value is -3.56. The first-order valence-corrected chi connectivity index (χ1v) is 15.0. The van der Waals surface area contributed by atoms with Crippen molar-refractivity contribution >= 4 is 47.0 Å². The van der Waals surface area contributed by atoms with Gasteiger partial charge in [-0.2, -0.15) is 0 Å². The fraction of sp³-hybridized carbons (Fsp3) is 0.438. The van der Waals surface area contributed by atoms with Crippen LogP contribution in [0, 0.1) is 11.8 Å². The summed E-state index contributed by atoms with van der Waals surface area (Å²) >= 11 is 13.0. The van der Waals surface area contributed by atoms with Crippen LogP contribution < -0.4 is 15.4 Å². The number of hydrogen-bond acceptors (Lipinski definition) is 7. The first-order valence-electron chi connectivity index (χ1n) is 14.2. The third-order valence-corrected chi connectivity index (χ3v) is 7.66. The minimum Gasteiger partial charge on any atom is -0.495 e. The number of hydrogen-bond donors (Lipinski definition) is 2. The van der Waals surface area contributed by atoms with Crippen molar-refractivity contribution < 1.29 is 33.4 Å². The summed E-state index contributed by atoms with van der Waals surface area (Å²) in [7, 11) is 1.50. The van der Waals surface area contributed by atoms with E-state index in [2.05, 4.69) is 10.6 Å². The lowest BCUT2D eigenvalue weighted by Gasteiger charge is -2.26. The number of alkyl halides is 1. The van der Waals surface area contributed by atoms with Crippen LogP contribution in [0.25, 0.3) is 0 Å². The zero-order chi connectivity index (χ0) is 31.5. The van der Waals surface area contributed by atoms with Gasteiger partial charge in [-0.05, 0) is 41.7 Å². The fourth-order valence-electron chi connectivity index (χ4n) is 4.45. The maximum absolute atomic E-state index is 13.3. The normalized spacial score (nSPS) is 23.1. The van der Waals surface area contributed by atoms with E-state index in [0.29, 0.717) is 16.3 Å². The first-order chi connectivity index (χ1) is 20.5. The average Bonchev–Trinajstić information content (AvgIpc) is 2.97. The molecule has 232 valence electrons. The summed E-state index contributed by atoms with van der Waals surface area (Å²) in [5.74, 6) is -2.72. The van der Waals surface area contributed by atoms with Gasteiger partial charge >= 0.3 is 11.9 Å². The van der Waals surface area contributed by atoms with Crippen LogP contribution >= 0.6 is 23.2 Å². The van der Waals surface area contributed by atoms with Crippen molar-refractivity contribution in [2.75, 3.05) is 13.7 Å². The van der Waals surface area contributed by atoms with Gasteiger partial charge in [0.05, 0.1) is 23.4 Å². The molecular formula is C32H38Cl2N2O7. The third-order valence-electron chi connectivity index (χ3n) is 6.83. The lowest BCUT2D eigenvalue weighted by atomic mass is 10.0. The molecule has 9 nitrogen and oxygen atoms in total. The number of carbonyl (C=O) groups is 4. The molecule has 11 heteroatoms. The number of benzene rings is 2. The van der Waals surface area contributed by atoms with E-state index in [0.717, 1.165) is 5.56 Å². The van der Waals surface area contributed by atoms with E-state index in [9.17, 15) is 19.2 Å². The lowest BCUT2D eigenvalue weighted by molar-refractivity contribution is -0.174. The number of esters is 2. The molecule has 1 aliphatic rings. The summed E-state index contributed by atoms with van der Waals surface area (Å²) < 4.78 is 16.6. The molecule has 0 aromatic heterocycles. The molecular weight excluding hydrogens is 595 g/mol. The number of halogens is 2. The van der Waals surface area contributed by atoms with Crippen molar-refractivity contribution in [2.24, 2.45) is 11.8 Å². The van der Waals surface area contributed by atoms with E-state index < -0.39 is 53.3 Å². The minimum absolute atomic E-state index is 0.0149. The van der Waals surface area contributed by atoms with Crippen molar-refractivity contribution in [3.8, 4) is 5.75 Å². The Bertz CT molecular complexity index is 1300. The van der Waals surface area contributed by atoms with Gasteiger partial charge in [-0.3, -0.25) is 14.4 Å². The van der Waals surface area contributed by atoms with Crippen LogP contribution in [-0.4, -0.2) is 55.7 Å². The summed E-state index contributed by atoms with van der Waals surface area (Å²) in [5, 5.41) is 5.04. The van der Waals surface area contributed by atoms with Crippen molar-refractivity contribution in [2.45, 2.75) is 63.7 Å². The zero-order valence-corrected chi connectivity index (χ0v) is 26.2. The van der Waals surface area contributed by atoms with Gasteiger partial charge in [0.25, 0.3) is 0 Å². The van der Waals surface area contributed by atoms with Crippen LogP contribution in [0.5, 0.6) is 5.75 Å². The molecule has 0 bridgehead atoms. The molecule has 0 saturated heterocycles. The van der Waals surface area contributed by atoms with Gasteiger partial charge in [0.2, 0.25) is 11.8 Å². The number of carbonyl (C=O) groups excluding carboxylic acids is 4. The number of methoxy groups -OCH3 is 1. The highest BCUT2D eigenvalue weighted by Crippen LogP contribution is 2.30.